The zero-order valence-corrected chi connectivity index (χ0v) is 18.7. The number of aryl methyl sites for hydroxylation is 3. The van der Waals surface area contributed by atoms with E-state index in [9.17, 15) is 18.0 Å². The second kappa shape index (κ2) is 8.84. The van der Waals surface area contributed by atoms with Gasteiger partial charge in [-0.2, -0.15) is 18.3 Å². The monoisotopic (exact) mass is 458 g/mol. The van der Waals surface area contributed by atoms with Gasteiger partial charge in [-0.25, -0.2) is 14.6 Å². The topological polar surface area (TPSA) is 67.2 Å². The molecule has 174 valence electrons. The number of alkyl halides is 3. The number of carbonyl (C=O) groups excluding carboxylic acids is 1. The molecule has 0 bridgehead atoms. The van der Waals surface area contributed by atoms with E-state index >= 15 is 0 Å². The number of nitrogens with zero attached hydrogens (tertiary/aromatic N) is 6. The van der Waals surface area contributed by atoms with Crippen molar-refractivity contribution >= 4 is 11.7 Å². The molecule has 0 saturated carbocycles. The van der Waals surface area contributed by atoms with Crippen LogP contribution in [-0.4, -0.2) is 56.7 Å². The first-order valence-corrected chi connectivity index (χ1v) is 10.7. The Balaban J connectivity index is 1.40. The van der Waals surface area contributed by atoms with Crippen LogP contribution in [0.4, 0.5) is 19.0 Å². The lowest BCUT2D eigenvalue weighted by Crippen LogP contribution is -2.49. The van der Waals surface area contributed by atoms with Crippen LogP contribution in [0, 0.1) is 20.8 Å². The van der Waals surface area contributed by atoms with Gasteiger partial charge in [0.25, 0.3) is 0 Å². The van der Waals surface area contributed by atoms with Crippen LogP contribution in [0.1, 0.15) is 28.3 Å². The zero-order valence-electron chi connectivity index (χ0n) is 18.7. The molecule has 0 N–H and O–H groups in total. The van der Waals surface area contributed by atoms with Gasteiger partial charge in [0.1, 0.15) is 11.6 Å². The van der Waals surface area contributed by atoms with Crippen molar-refractivity contribution in [1.82, 2.24) is 24.6 Å². The summed E-state index contributed by atoms with van der Waals surface area (Å²) in [4.78, 5) is 25.6. The third-order valence-corrected chi connectivity index (χ3v) is 5.63. The molecular formula is C23H25F3N6O. The molecule has 3 aromatic rings. The maximum Gasteiger partial charge on any atom is 0.416 e. The van der Waals surface area contributed by atoms with Crippen LogP contribution in [0.25, 0.3) is 5.82 Å². The van der Waals surface area contributed by atoms with Crippen LogP contribution in [0.3, 0.4) is 0 Å². The molecule has 10 heteroatoms. The fourth-order valence-corrected chi connectivity index (χ4v) is 3.95. The summed E-state index contributed by atoms with van der Waals surface area (Å²) in [6, 6.07) is 8.63. The maximum atomic E-state index is 12.7. The Labute approximate surface area is 189 Å². The van der Waals surface area contributed by atoms with E-state index in [1.807, 2.05) is 32.9 Å². The maximum absolute atomic E-state index is 12.7. The SMILES string of the molecule is Cc1cc(C)n(-c2cc(N3CCN(C(=O)Cc4ccc(C(F)(F)F)cc4)CC3)nc(C)n2)n1. The van der Waals surface area contributed by atoms with Gasteiger partial charge in [-0.1, -0.05) is 12.1 Å². The first-order valence-electron chi connectivity index (χ1n) is 10.7. The highest BCUT2D eigenvalue weighted by molar-refractivity contribution is 5.79. The summed E-state index contributed by atoms with van der Waals surface area (Å²) in [5, 5.41) is 4.49. The Bertz CT molecular complexity index is 1150. The zero-order chi connectivity index (χ0) is 23.8. The molecule has 1 aliphatic rings. The van der Waals surface area contributed by atoms with Gasteiger partial charge in [0.05, 0.1) is 17.7 Å². The number of benzene rings is 1. The van der Waals surface area contributed by atoms with Crippen LogP contribution in [0.2, 0.25) is 0 Å². The predicted molar refractivity (Wildman–Crippen MR) is 117 cm³/mol. The fourth-order valence-electron chi connectivity index (χ4n) is 3.95. The lowest BCUT2D eigenvalue weighted by Gasteiger charge is -2.35. The van der Waals surface area contributed by atoms with Crippen LogP contribution in [0.15, 0.2) is 36.4 Å². The number of hydrogen-bond donors (Lipinski definition) is 0. The average Bonchev–Trinajstić information content (AvgIpc) is 3.11. The first-order chi connectivity index (χ1) is 15.6. The molecule has 2 aromatic heterocycles. The Morgan fingerprint density at radius 1 is 0.939 bits per heavy atom. The molecule has 3 heterocycles. The summed E-state index contributed by atoms with van der Waals surface area (Å²) in [5.74, 6) is 2.01. The smallest absolute Gasteiger partial charge is 0.353 e. The van der Waals surface area contributed by atoms with Crippen molar-refractivity contribution < 1.29 is 18.0 Å². The lowest BCUT2D eigenvalue weighted by atomic mass is 10.1. The normalized spacial score (nSPS) is 14.6. The van der Waals surface area contributed by atoms with Gasteiger partial charge >= 0.3 is 6.18 Å². The number of amides is 1. The Morgan fingerprint density at radius 3 is 2.15 bits per heavy atom. The molecule has 1 fully saturated rings. The van der Waals surface area contributed by atoms with Gasteiger partial charge in [0, 0.05) is 37.9 Å². The van der Waals surface area contributed by atoms with Gasteiger partial charge in [0.15, 0.2) is 5.82 Å². The third-order valence-electron chi connectivity index (χ3n) is 5.63. The van der Waals surface area contributed by atoms with Gasteiger partial charge in [-0.15, -0.1) is 0 Å². The molecule has 4 rings (SSSR count). The van der Waals surface area contributed by atoms with Crippen LogP contribution in [0.5, 0.6) is 0 Å². The minimum absolute atomic E-state index is 0.0762. The van der Waals surface area contributed by atoms with E-state index in [1.165, 1.54) is 12.1 Å². The predicted octanol–water partition coefficient (Wildman–Crippen LogP) is 3.50. The highest BCUT2D eigenvalue weighted by Crippen LogP contribution is 2.29. The third kappa shape index (κ3) is 5.15. The Morgan fingerprint density at radius 2 is 1.58 bits per heavy atom. The molecule has 0 spiro atoms. The van der Waals surface area contributed by atoms with Crippen LogP contribution in [-0.2, 0) is 17.4 Å². The van der Waals surface area contributed by atoms with Gasteiger partial charge in [-0.05, 0) is 44.5 Å². The van der Waals surface area contributed by atoms with Crippen molar-refractivity contribution in [3.63, 3.8) is 0 Å². The minimum Gasteiger partial charge on any atom is -0.353 e. The number of aromatic nitrogens is 4. The summed E-state index contributed by atoms with van der Waals surface area (Å²) in [6.07, 6.45) is -4.31. The Hall–Kier alpha value is -3.43. The van der Waals surface area contributed by atoms with E-state index in [4.69, 9.17) is 0 Å². The molecule has 1 amide bonds. The van der Waals surface area contributed by atoms with Gasteiger partial charge in [-0.3, -0.25) is 4.79 Å². The molecule has 0 atom stereocenters. The molecular weight excluding hydrogens is 433 g/mol. The van der Waals surface area contributed by atoms with Crippen LogP contribution >= 0.6 is 0 Å². The summed E-state index contributed by atoms with van der Waals surface area (Å²) >= 11 is 0. The van der Waals surface area contributed by atoms with Gasteiger partial charge in [0.2, 0.25) is 5.91 Å². The molecule has 1 aromatic carbocycles. The summed E-state index contributed by atoms with van der Waals surface area (Å²) in [6.45, 7) is 7.97. The molecule has 7 nitrogen and oxygen atoms in total. The molecule has 0 aliphatic carbocycles. The van der Waals surface area contributed by atoms with Crippen molar-refractivity contribution in [2.75, 3.05) is 31.1 Å². The van der Waals surface area contributed by atoms with E-state index < -0.39 is 11.7 Å². The van der Waals surface area contributed by atoms with E-state index in [0.29, 0.717) is 43.4 Å². The molecule has 0 radical (unpaired) electrons. The highest BCUT2D eigenvalue weighted by Gasteiger charge is 2.30. The minimum atomic E-state index is -4.38. The molecule has 1 saturated heterocycles. The first kappa shape index (κ1) is 22.8. The second-order valence-electron chi connectivity index (χ2n) is 8.21. The van der Waals surface area contributed by atoms with Crippen molar-refractivity contribution in [1.29, 1.82) is 0 Å². The van der Waals surface area contributed by atoms with Crippen molar-refractivity contribution in [3.8, 4) is 5.82 Å². The number of halogens is 3. The van der Waals surface area contributed by atoms with Crippen molar-refractivity contribution in [3.05, 3.63) is 64.7 Å². The van der Waals surface area contributed by atoms with Crippen molar-refractivity contribution in [2.24, 2.45) is 0 Å². The van der Waals surface area contributed by atoms with E-state index in [1.54, 1.807) is 9.58 Å². The average molecular weight is 458 g/mol. The summed E-state index contributed by atoms with van der Waals surface area (Å²) in [7, 11) is 0. The second-order valence-corrected chi connectivity index (χ2v) is 8.21. The number of rotatable bonds is 4. The molecule has 0 unspecified atom stereocenters. The fraction of sp³-hybridized carbons (Fsp3) is 0.391. The van der Waals surface area contributed by atoms with Gasteiger partial charge < -0.3 is 9.80 Å². The molecule has 33 heavy (non-hydrogen) atoms. The standard InChI is InChI=1S/C23H25F3N6O/c1-15-12-16(2)32(29-15)21-14-20(27-17(3)28-21)30-8-10-31(11-9-30)22(33)13-18-4-6-19(7-5-18)23(24,25)26/h4-7,12,14H,8-11,13H2,1-3H3. The molecule has 1 aliphatic heterocycles. The van der Waals surface area contributed by atoms with Crippen molar-refractivity contribution in [2.45, 2.75) is 33.4 Å². The number of hydrogen-bond acceptors (Lipinski definition) is 5. The van der Waals surface area contributed by atoms with E-state index in [0.717, 1.165) is 29.3 Å². The quantitative estimate of drug-likeness (QED) is 0.599. The van der Waals surface area contributed by atoms with Crippen LogP contribution < -0.4 is 4.90 Å². The Kier molecular flexibility index (Phi) is 6.09. The highest BCUT2D eigenvalue weighted by atomic mass is 19.4. The van der Waals surface area contributed by atoms with E-state index in [-0.39, 0.29) is 12.3 Å². The summed E-state index contributed by atoms with van der Waals surface area (Å²) < 4.78 is 40.0. The van der Waals surface area contributed by atoms with E-state index in [2.05, 4.69) is 20.0 Å². The number of carbonyl (C=O) groups is 1. The number of anilines is 1. The summed E-state index contributed by atoms with van der Waals surface area (Å²) in [5.41, 5.74) is 1.74. The largest absolute Gasteiger partial charge is 0.416 e. The number of piperazine rings is 1. The lowest BCUT2D eigenvalue weighted by molar-refractivity contribution is -0.137.